The fourth-order valence-corrected chi connectivity index (χ4v) is 2.99. The number of hydrogen-bond donors (Lipinski definition) is 1. The quantitative estimate of drug-likeness (QED) is 0.528. The molecule has 7 heteroatoms. The van der Waals surface area contributed by atoms with Crippen molar-refractivity contribution < 1.29 is 13.9 Å². The summed E-state index contributed by atoms with van der Waals surface area (Å²) in [7, 11) is 1.59. The maximum Gasteiger partial charge on any atom is 0.295 e. The average Bonchev–Trinajstić information content (AvgIpc) is 3.21. The molecular weight excluding hydrogens is 383 g/mol. The molecule has 30 heavy (non-hydrogen) atoms. The number of ether oxygens (including phenoxy) is 1. The zero-order chi connectivity index (χ0) is 21.1. The van der Waals surface area contributed by atoms with E-state index in [1.165, 1.54) is 12.1 Å². The smallest absolute Gasteiger partial charge is 0.295 e. The van der Waals surface area contributed by atoms with Gasteiger partial charge in [-0.2, -0.15) is 0 Å². The molecule has 0 radical (unpaired) electrons. The number of anilines is 1. The van der Waals surface area contributed by atoms with Gasteiger partial charge < -0.3 is 10.1 Å². The first-order chi connectivity index (χ1) is 14.5. The van der Waals surface area contributed by atoms with Crippen LogP contribution in [-0.2, 0) is 0 Å². The van der Waals surface area contributed by atoms with Crippen LogP contribution in [0.3, 0.4) is 0 Å². The summed E-state index contributed by atoms with van der Waals surface area (Å²) in [6.07, 6.45) is 0. The number of benzene rings is 3. The predicted octanol–water partition coefficient (Wildman–Crippen LogP) is 4.64. The Balaban J connectivity index is 1.75. The van der Waals surface area contributed by atoms with Crippen molar-refractivity contribution in [1.29, 1.82) is 0 Å². The summed E-state index contributed by atoms with van der Waals surface area (Å²) in [5.41, 5.74) is 2.94. The van der Waals surface area contributed by atoms with E-state index in [4.69, 9.17) is 4.74 Å². The predicted molar refractivity (Wildman–Crippen MR) is 112 cm³/mol. The highest BCUT2D eigenvalue weighted by Crippen LogP contribution is 2.24. The molecule has 0 spiro atoms. The number of para-hydroxylation sites is 1. The molecule has 0 aliphatic heterocycles. The lowest BCUT2D eigenvalue weighted by Gasteiger charge is -2.07. The van der Waals surface area contributed by atoms with E-state index in [1.54, 1.807) is 36.1 Å². The number of aryl methyl sites for hydroxylation is 1. The topological polar surface area (TPSA) is 69.0 Å². The zero-order valence-corrected chi connectivity index (χ0v) is 16.5. The Morgan fingerprint density at radius 1 is 1.00 bits per heavy atom. The van der Waals surface area contributed by atoms with E-state index in [2.05, 4.69) is 15.4 Å². The van der Waals surface area contributed by atoms with Crippen LogP contribution in [0, 0.1) is 12.7 Å². The van der Waals surface area contributed by atoms with Crippen LogP contribution >= 0.6 is 0 Å². The van der Waals surface area contributed by atoms with Gasteiger partial charge in [0.15, 0.2) is 5.82 Å². The van der Waals surface area contributed by atoms with Crippen molar-refractivity contribution in [3.8, 4) is 22.8 Å². The van der Waals surface area contributed by atoms with Crippen LogP contribution in [0.5, 0.6) is 5.75 Å². The van der Waals surface area contributed by atoms with Crippen LogP contribution in [0.15, 0.2) is 72.8 Å². The maximum atomic E-state index is 13.4. The summed E-state index contributed by atoms with van der Waals surface area (Å²) in [6.45, 7) is 1.91. The lowest BCUT2D eigenvalue weighted by Crippen LogP contribution is -2.15. The minimum absolute atomic E-state index is 0.00777. The highest BCUT2D eigenvalue weighted by atomic mass is 19.1. The van der Waals surface area contributed by atoms with Crippen molar-refractivity contribution in [3.63, 3.8) is 0 Å². The van der Waals surface area contributed by atoms with Crippen LogP contribution in [0.1, 0.15) is 16.2 Å². The summed E-state index contributed by atoms with van der Waals surface area (Å²) in [5.74, 6) is 0.343. The van der Waals surface area contributed by atoms with Crippen LogP contribution < -0.4 is 10.1 Å². The Kier molecular flexibility index (Phi) is 5.26. The van der Waals surface area contributed by atoms with Crippen molar-refractivity contribution in [1.82, 2.24) is 14.8 Å². The second-order valence-electron chi connectivity index (χ2n) is 6.64. The molecule has 0 atom stereocenters. The van der Waals surface area contributed by atoms with Gasteiger partial charge in [-0.3, -0.25) is 4.79 Å². The molecular formula is C23H19FN4O2. The molecule has 3 aromatic carbocycles. The van der Waals surface area contributed by atoms with Gasteiger partial charge in [0.1, 0.15) is 11.6 Å². The molecule has 6 nitrogen and oxygen atoms in total. The monoisotopic (exact) mass is 402 g/mol. The van der Waals surface area contributed by atoms with E-state index < -0.39 is 5.91 Å². The Labute approximate surface area is 173 Å². The van der Waals surface area contributed by atoms with Gasteiger partial charge in [0.05, 0.1) is 12.8 Å². The van der Waals surface area contributed by atoms with Crippen molar-refractivity contribution in [2.24, 2.45) is 0 Å². The fraction of sp³-hybridized carbons (Fsp3) is 0.0870. The van der Waals surface area contributed by atoms with Gasteiger partial charge in [0, 0.05) is 11.3 Å². The molecule has 1 amide bonds. The number of amides is 1. The Morgan fingerprint density at radius 3 is 2.37 bits per heavy atom. The minimum atomic E-state index is -0.431. The van der Waals surface area contributed by atoms with Gasteiger partial charge in [-0.15, -0.1) is 5.10 Å². The molecule has 0 saturated carbocycles. The Bertz CT molecular complexity index is 1180. The molecule has 150 valence electrons. The van der Waals surface area contributed by atoms with E-state index in [0.717, 1.165) is 5.56 Å². The lowest BCUT2D eigenvalue weighted by molar-refractivity contribution is 0.101. The van der Waals surface area contributed by atoms with Crippen LogP contribution in [0.4, 0.5) is 10.1 Å². The number of halogens is 1. The maximum absolute atomic E-state index is 13.4. The number of carbonyl (C=O) groups is 1. The van der Waals surface area contributed by atoms with Gasteiger partial charge in [-0.25, -0.2) is 14.1 Å². The molecule has 0 aliphatic carbocycles. The molecule has 0 saturated heterocycles. The minimum Gasteiger partial charge on any atom is -0.497 e. The molecule has 1 N–H and O–H groups in total. The van der Waals surface area contributed by atoms with Crippen molar-refractivity contribution in [2.45, 2.75) is 6.92 Å². The number of carbonyl (C=O) groups excluding carboxylic acids is 1. The zero-order valence-electron chi connectivity index (χ0n) is 16.5. The van der Waals surface area contributed by atoms with Crippen molar-refractivity contribution in [3.05, 3.63) is 90.0 Å². The van der Waals surface area contributed by atoms with Gasteiger partial charge >= 0.3 is 0 Å². The van der Waals surface area contributed by atoms with E-state index in [-0.39, 0.29) is 11.6 Å². The number of methoxy groups -OCH3 is 1. The molecule has 0 bridgehead atoms. The molecule has 1 heterocycles. The summed E-state index contributed by atoms with van der Waals surface area (Å²) in [6, 6.07) is 20.5. The number of nitrogens with one attached hydrogen (secondary N) is 1. The number of hydrogen-bond acceptors (Lipinski definition) is 4. The van der Waals surface area contributed by atoms with Crippen LogP contribution in [-0.4, -0.2) is 27.8 Å². The molecule has 1 aromatic heterocycles. The first kappa shape index (κ1) is 19.3. The third-order valence-electron chi connectivity index (χ3n) is 4.62. The summed E-state index contributed by atoms with van der Waals surface area (Å²) >= 11 is 0. The first-order valence-corrected chi connectivity index (χ1v) is 9.29. The molecule has 4 aromatic rings. The number of nitrogens with zero attached hydrogens (tertiary/aromatic N) is 3. The second-order valence-corrected chi connectivity index (χ2v) is 6.64. The molecule has 0 aliphatic rings. The van der Waals surface area contributed by atoms with Crippen LogP contribution in [0.25, 0.3) is 17.1 Å². The highest BCUT2D eigenvalue weighted by molar-refractivity contribution is 6.02. The summed E-state index contributed by atoms with van der Waals surface area (Å²) in [5, 5.41) is 7.26. The Morgan fingerprint density at radius 2 is 1.70 bits per heavy atom. The highest BCUT2D eigenvalue weighted by Gasteiger charge is 2.19. The van der Waals surface area contributed by atoms with E-state index in [0.29, 0.717) is 28.5 Å². The third kappa shape index (κ3) is 3.91. The largest absolute Gasteiger partial charge is 0.497 e. The van der Waals surface area contributed by atoms with E-state index >= 15 is 0 Å². The molecule has 4 rings (SSSR count). The lowest BCUT2D eigenvalue weighted by atomic mass is 10.2. The standard InChI is InChI=1S/C23H19FN4O2/c1-15-5-3-4-6-20(15)25-23(29)21-26-22(16-7-9-17(24)10-8-16)28(27-21)18-11-13-19(30-2)14-12-18/h3-14H,1-2H3,(H,25,29). The van der Waals surface area contributed by atoms with Gasteiger partial charge in [0.25, 0.3) is 5.91 Å². The molecule has 0 fully saturated rings. The summed E-state index contributed by atoms with van der Waals surface area (Å²) in [4.78, 5) is 17.3. The third-order valence-corrected chi connectivity index (χ3v) is 4.62. The first-order valence-electron chi connectivity index (χ1n) is 9.29. The van der Waals surface area contributed by atoms with Crippen molar-refractivity contribution in [2.75, 3.05) is 12.4 Å². The SMILES string of the molecule is COc1ccc(-n2nc(C(=O)Nc3ccccc3C)nc2-c2ccc(F)cc2)cc1. The normalized spacial score (nSPS) is 10.6. The van der Waals surface area contributed by atoms with Crippen LogP contribution in [0.2, 0.25) is 0 Å². The van der Waals surface area contributed by atoms with E-state index in [1.807, 2.05) is 43.3 Å². The van der Waals surface area contributed by atoms with Gasteiger partial charge in [-0.1, -0.05) is 18.2 Å². The van der Waals surface area contributed by atoms with E-state index in [9.17, 15) is 9.18 Å². The average molecular weight is 402 g/mol. The van der Waals surface area contributed by atoms with Gasteiger partial charge in [-0.05, 0) is 67.1 Å². The fourth-order valence-electron chi connectivity index (χ4n) is 2.99. The van der Waals surface area contributed by atoms with Crippen molar-refractivity contribution >= 4 is 11.6 Å². The number of rotatable bonds is 5. The number of aromatic nitrogens is 3. The Hall–Kier alpha value is -4.00. The van der Waals surface area contributed by atoms with Gasteiger partial charge in [0.2, 0.25) is 5.82 Å². The second kappa shape index (κ2) is 8.16. The summed E-state index contributed by atoms with van der Waals surface area (Å²) < 4.78 is 20.2. The molecule has 0 unspecified atom stereocenters.